The van der Waals surface area contributed by atoms with E-state index in [0.29, 0.717) is 17.3 Å². The van der Waals surface area contributed by atoms with Crippen LogP contribution < -0.4 is 10.6 Å². The van der Waals surface area contributed by atoms with Crippen molar-refractivity contribution in [1.82, 2.24) is 5.32 Å². The van der Waals surface area contributed by atoms with Gasteiger partial charge in [-0.05, 0) is 18.6 Å². The highest BCUT2D eigenvalue weighted by atomic mass is 35.5. The number of ether oxygens (including phenoxy) is 1. The maximum Gasteiger partial charge on any atom is 0.250 e. The topological polar surface area (TPSA) is 67.4 Å². The minimum atomic E-state index is -0.405. The third-order valence-corrected chi connectivity index (χ3v) is 3.08. The molecule has 20 heavy (non-hydrogen) atoms. The van der Waals surface area contributed by atoms with Crippen molar-refractivity contribution in [3.63, 3.8) is 0 Å². The Morgan fingerprint density at radius 2 is 1.90 bits per heavy atom. The molecule has 0 heterocycles. The summed E-state index contributed by atoms with van der Waals surface area (Å²) in [5.74, 6) is -0.655. The Morgan fingerprint density at radius 3 is 2.60 bits per heavy atom. The van der Waals surface area contributed by atoms with E-state index in [4.69, 9.17) is 27.9 Å². The van der Waals surface area contributed by atoms with E-state index in [-0.39, 0.29) is 24.1 Å². The predicted molar refractivity (Wildman–Crippen MR) is 79.2 cm³/mol. The van der Waals surface area contributed by atoms with Gasteiger partial charge in [0.1, 0.15) is 13.2 Å². The van der Waals surface area contributed by atoms with Crippen molar-refractivity contribution in [1.29, 1.82) is 0 Å². The van der Waals surface area contributed by atoms with Crippen LogP contribution in [0.25, 0.3) is 0 Å². The van der Waals surface area contributed by atoms with E-state index in [2.05, 4.69) is 10.6 Å². The lowest BCUT2D eigenvalue weighted by Crippen LogP contribution is -2.30. The first-order valence-electron chi connectivity index (χ1n) is 6.13. The van der Waals surface area contributed by atoms with Crippen LogP contribution in [0.4, 0.5) is 5.69 Å². The quantitative estimate of drug-likeness (QED) is 0.811. The van der Waals surface area contributed by atoms with Gasteiger partial charge in [-0.25, -0.2) is 0 Å². The minimum Gasteiger partial charge on any atom is -0.362 e. The first kappa shape index (κ1) is 16.8. The van der Waals surface area contributed by atoms with Gasteiger partial charge in [-0.3, -0.25) is 9.59 Å². The van der Waals surface area contributed by atoms with Gasteiger partial charge in [0.15, 0.2) is 0 Å². The maximum atomic E-state index is 11.6. The Kier molecular flexibility index (Phi) is 7.36. The molecule has 5 nitrogen and oxygen atoms in total. The van der Waals surface area contributed by atoms with Crippen molar-refractivity contribution >= 4 is 40.7 Å². The number of hydrogen-bond acceptors (Lipinski definition) is 3. The third kappa shape index (κ3) is 5.77. The summed E-state index contributed by atoms with van der Waals surface area (Å²) < 4.78 is 5.00. The molecule has 0 fully saturated rings. The SMILES string of the molecule is CCCNC(=O)COCC(=O)Nc1cccc(Cl)c1Cl. The van der Waals surface area contributed by atoms with Gasteiger partial charge in [0, 0.05) is 6.54 Å². The van der Waals surface area contributed by atoms with Crippen LogP contribution in [0.2, 0.25) is 10.0 Å². The molecule has 0 aliphatic heterocycles. The molecule has 1 aromatic carbocycles. The second-order valence-corrected chi connectivity index (χ2v) is 4.78. The molecule has 2 amide bonds. The van der Waals surface area contributed by atoms with Gasteiger partial charge >= 0.3 is 0 Å². The van der Waals surface area contributed by atoms with Crippen LogP contribution in [-0.4, -0.2) is 31.6 Å². The Labute approximate surface area is 127 Å². The summed E-state index contributed by atoms with van der Waals surface area (Å²) in [6.45, 7) is 2.15. The molecule has 7 heteroatoms. The largest absolute Gasteiger partial charge is 0.362 e. The number of carbonyl (C=O) groups excluding carboxylic acids is 2. The van der Waals surface area contributed by atoms with Crippen molar-refractivity contribution in [2.45, 2.75) is 13.3 Å². The number of anilines is 1. The smallest absolute Gasteiger partial charge is 0.250 e. The highest BCUT2D eigenvalue weighted by Crippen LogP contribution is 2.29. The van der Waals surface area contributed by atoms with Gasteiger partial charge in [0.2, 0.25) is 11.8 Å². The molecule has 0 aliphatic carbocycles. The average molecular weight is 319 g/mol. The monoisotopic (exact) mass is 318 g/mol. The molecule has 1 aromatic rings. The van der Waals surface area contributed by atoms with Gasteiger partial charge < -0.3 is 15.4 Å². The van der Waals surface area contributed by atoms with E-state index >= 15 is 0 Å². The number of carbonyl (C=O) groups is 2. The Bertz CT molecular complexity index is 481. The van der Waals surface area contributed by atoms with Crippen molar-refractivity contribution in [3.05, 3.63) is 28.2 Å². The molecule has 0 unspecified atom stereocenters. The van der Waals surface area contributed by atoms with Crippen LogP contribution >= 0.6 is 23.2 Å². The predicted octanol–water partition coefficient (Wildman–Crippen LogP) is 2.47. The van der Waals surface area contributed by atoms with Gasteiger partial charge in [0.25, 0.3) is 0 Å². The van der Waals surface area contributed by atoms with Crippen molar-refractivity contribution in [2.24, 2.45) is 0 Å². The number of benzene rings is 1. The van der Waals surface area contributed by atoms with Crippen LogP contribution in [-0.2, 0) is 14.3 Å². The van der Waals surface area contributed by atoms with Crippen LogP contribution in [0.1, 0.15) is 13.3 Å². The van der Waals surface area contributed by atoms with Gasteiger partial charge in [-0.15, -0.1) is 0 Å². The summed E-state index contributed by atoms with van der Waals surface area (Å²) >= 11 is 11.8. The molecular formula is C13H16Cl2N2O3. The third-order valence-electron chi connectivity index (χ3n) is 2.26. The van der Waals surface area contributed by atoms with E-state index in [1.165, 1.54) is 0 Å². The number of rotatable bonds is 7. The standard InChI is InChI=1S/C13H16Cl2N2O3/c1-2-6-16-11(18)7-20-8-12(19)17-10-5-3-4-9(14)13(10)15/h3-5H,2,6-8H2,1H3,(H,16,18)(H,17,19). The van der Waals surface area contributed by atoms with Crippen LogP contribution in [0.3, 0.4) is 0 Å². The fourth-order valence-electron chi connectivity index (χ4n) is 1.34. The maximum absolute atomic E-state index is 11.6. The lowest BCUT2D eigenvalue weighted by molar-refractivity contribution is -0.128. The number of nitrogens with one attached hydrogen (secondary N) is 2. The van der Waals surface area contributed by atoms with Crippen LogP contribution in [0, 0.1) is 0 Å². The molecule has 0 saturated heterocycles. The van der Waals surface area contributed by atoms with Crippen molar-refractivity contribution < 1.29 is 14.3 Å². The lowest BCUT2D eigenvalue weighted by atomic mass is 10.3. The van der Waals surface area contributed by atoms with Gasteiger partial charge in [-0.1, -0.05) is 36.2 Å². The highest BCUT2D eigenvalue weighted by Gasteiger charge is 2.09. The molecule has 0 atom stereocenters. The second-order valence-electron chi connectivity index (χ2n) is 3.99. The normalized spacial score (nSPS) is 10.2. The first-order chi connectivity index (χ1) is 9.54. The molecule has 1 rings (SSSR count). The summed E-state index contributed by atoms with van der Waals surface area (Å²) in [5, 5.41) is 5.81. The lowest BCUT2D eigenvalue weighted by Gasteiger charge is -2.08. The number of halogens is 2. The zero-order chi connectivity index (χ0) is 15.0. The van der Waals surface area contributed by atoms with Crippen LogP contribution in [0.5, 0.6) is 0 Å². The van der Waals surface area contributed by atoms with Crippen molar-refractivity contribution in [2.75, 3.05) is 25.1 Å². The zero-order valence-electron chi connectivity index (χ0n) is 11.0. The summed E-state index contributed by atoms with van der Waals surface area (Å²) in [6, 6.07) is 4.91. The molecule has 0 saturated carbocycles. The average Bonchev–Trinajstić information content (AvgIpc) is 2.41. The van der Waals surface area contributed by atoms with E-state index < -0.39 is 5.91 Å². The zero-order valence-corrected chi connectivity index (χ0v) is 12.6. The van der Waals surface area contributed by atoms with Crippen LogP contribution in [0.15, 0.2) is 18.2 Å². The van der Waals surface area contributed by atoms with E-state index in [9.17, 15) is 9.59 Å². The van der Waals surface area contributed by atoms with E-state index in [1.807, 2.05) is 6.92 Å². The number of hydrogen-bond donors (Lipinski definition) is 2. The number of amides is 2. The molecule has 0 radical (unpaired) electrons. The van der Waals surface area contributed by atoms with Gasteiger partial charge in [-0.2, -0.15) is 0 Å². The van der Waals surface area contributed by atoms with Gasteiger partial charge in [0.05, 0.1) is 15.7 Å². The highest BCUT2D eigenvalue weighted by molar-refractivity contribution is 6.43. The molecule has 2 N–H and O–H groups in total. The molecule has 0 spiro atoms. The van der Waals surface area contributed by atoms with E-state index in [1.54, 1.807) is 18.2 Å². The molecule has 110 valence electrons. The Hall–Kier alpha value is -1.30. The fourth-order valence-corrected chi connectivity index (χ4v) is 1.69. The first-order valence-corrected chi connectivity index (χ1v) is 6.88. The Morgan fingerprint density at radius 1 is 1.20 bits per heavy atom. The molecule has 0 bridgehead atoms. The van der Waals surface area contributed by atoms with E-state index in [0.717, 1.165) is 6.42 Å². The van der Waals surface area contributed by atoms with Crippen molar-refractivity contribution in [3.8, 4) is 0 Å². The second kappa shape index (κ2) is 8.79. The minimum absolute atomic E-state index is 0.156. The molecular weight excluding hydrogens is 303 g/mol. The fraction of sp³-hybridized carbons (Fsp3) is 0.385. The molecule has 0 aromatic heterocycles. The Balaban J connectivity index is 2.34. The molecule has 0 aliphatic rings. The summed E-state index contributed by atoms with van der Waals surface area (Å²) in [5.41, 5.74) is 0.406. The summed E-state index contributed by atoms with van der Waals surface area (Å²) in [4.78, 5) is 22.8. The summed E-state index contributed by atoms with van der Waals surface area (Å²) in [7, 11) is 0. The summed E-state index contributed by atoms with van der Waals surface area (Å²) in [6.07, 6.45) is 0.847.